The van der Waals surface area contributed by atoms with Crippen LogP contribution in [0, 0.1) is 5.92 Å². The standard InChI is InChI=1S/C16H28N2O3/c1-12-8-4-5-9-13(12)17-15(21)18-16(14(19)20)10-6-2-3-7-11-16/h12-13H,2-11H2,1H3,(H,19,20)(H2,17,18,21). The Labute approximate surface area is 126 Å². The van der Waals surface area contributed by atoms with Crippen LogP contribution in [-0.4, -0.2) is 28.7 Å². The number of carboxylic acids is 1. The van der Waals surface area contributed by atoms with Crippen molar-refractivity contribution in [3.63, 3.8) is 0 Å². The first-order valence-corrected chi connectivity index (χ1v) is 8.35. The lowest BCUT2D eigenvalue weighted by Crippen LogP contribution is -2.58. The molecule has 5 heteroatoms. The van der Waals surface area contributed by atoms with Crippen molar-refractivity contribution < 1.29 is 14.7 Å². The van der Waals surface area contributed by atoms with E-state index >= 15 is 0 Å². The number of aliphatic carboxylic acids is 1. The molecule has 2 rings (SSSR count). The minimum absolute atomic E-state index is 0.176. The van der Waals surface area contributed by atoms with Crippen LogP contribution in [-0.2, 0) is 4.79 Å². The smallest absolute Gasteiger partial charge is 0.329 e. The Bertz CT molecular complexity index is 376. The second-order valence-corrected chi connectivity index (χ2v) is 6.77. The molecule has 2 atom stereocenters. The topological polar surface area (TPSA) is 78.4 Å². The third kappa shape index (κ3) is 4.11. The van der Waals surface area contributed by atoms with Crippen LogP contribution < -0.4 is 10.6 Å². The lowest BCUT2D eigenvalue weighted by atomic mass is 9.86. The Hall–Kier alpha value is -1.26. The lowest BCUT2D eigenvalue weighted by molar-refractivity contribution is -0.145. The van der Waals surface area contributed by atoms with E-state index in [1.54, 1.807) is 0 Å². The predicted molar refractivity (Wildman–Crippen MR) is 81.2 cm³/mol. The van der Waals surface area contributed by atoms with Gasteiger partial charge >= 0.3 is 12.0 Å². The van der Waals surface area contributed by atoms with E-state index in [0.29, 0.717) is 18.8 Å². The van der Waals surface area contributed by atoms with Gasteiger partial charge in [-0.05, 0) is 31.6 Å². The highest BCUT2D eigenvalue weighted by atomic mass is 16.4. The minimum Gasteiger partial charge on any atom is -0.480 e. The number of carbonyl (C=O) groups excluding carboxylic acids is 1. The van der Waals surface area contributed by atoms with Crippen molar-refractivity contribution in [3.8, 4) is 0 Å². The van der Waals surface area contributed by atoms with E-state index in [-0.39, 0.29) is 12.1 Å². The SMILES string of the molecule is CC1CCCCC1NC(=O)NC1(C(=O)O)CCCCCC1. The molecule has 2 unspecified atom stereocenters. The summed E-state index contributed by atoms with van der Waals surface area (Å²) in [6.07, 6.45) is 9.41. The van der Waals surface area contributed by atoms with Gasteiger partial charge in [-0.25, -0.2) is 9.59 Å². The number of nitrogens with one attached hydrogen (secondary N) is 2. The van der Waals surface area contributed by atoms with Gasteiger partial charge < -0.3 is 15.7 Å². The number of hydrogen-bond donors (Lipinski definition) is 3. The molecular weight excluding hydrogens is 268 g/mol. The Morgan fingerprint density at radius 2 is 1.62 bits per heavy atom. The van der Waals surface area contributed by atoms with Crippen LogP contribution in [0.4, 0.5) is 4.79 Å². The van der Waals surface area contributed by atoms with Crippen molar-refractivity contribution in [1.82, 2.24) is 10.6 Å². The summed E-state index contributed by atoms with van der Waals surface area (Å²) in [6.45, 7) is 2.16. The van der Waals surface area contributed by atoms with Crippen molar-refractivity contribution >= 4 is 12.0 Å². The fourth-order valence-electron chi connectivity index (χ4n) is 3.68. The van der Waals surface area contributed by atoms with Gasteiger partial charge in [0.2, 0.25) is 0 Å². The summed E-state index contributed by atoms with van der Waals surface area (Å²) in [5.74, 6) is -0.421. The summed E-state index contributed by atoms with van der Waals surface area (Å²) < 4.78 is 0. The van der Waals surface area contributed by atoms with Crippen molar-refractivity contribution in [1.29, 1.82) is 0 Å². The van der Waals surface area contributed by atoms with Crippen molar-refractivity contribution in [2.24, 2.45) is 5.92 Å². The van der Waals surface area contributed by atoms with E-state index in [0.717, 1.165) is 44.9 Å². The van der Waals surface area contributed by atoms with Crippen molar-refractivity contribution in [2.45, 2.75) is 82.7 Å². The molecule has 2 amide bonds. The van der Waals surface area contributed by atoms with Crippen LogP contribution in [0.5, 0.6) is 0 Å². The summed E-state index contributed by atoms with van der Waals surface area (Å²) in [5.41, 5.74) is -1.07. The van der Waals surface area contributed by atoms with E-state index < -0.39 is 11.5 Å². The number of amides is 2. The van der Waals surface area contributed by atoms with Gasteiger partial charge in [0.1, 0.15) is 5.54 Å². The molecule has 0 aromatic heterocycles. The normalized spacial score (nSPS) is 29.2. The second kappa shape index (κ2) is 7.14. The summed E-state index contributed by atoms with van der Waals surface area (Å²) in [6, 6.07) is -0.131. The Balaban J connectivity index is 1.96. The fraction of sp³-hybridized carbons (Fsp3) is 0.875. The Morgan fingerprint density at radius 1 is 1.00 bits per heavy atom. The zero-order valence-electron chi connectivity index (χ0n) is 13.0. The summed E-state index contributed by atoms with van der Waals surface area (Å²) in [4.78, 5) is 23.9. The summed E-state index contributed by atoms with van der Waals surface area (Å²) >= 11 is 0. The summed E-state index contributed by atoms with van der Waals surface area (Å²) in [5, 5.41) is 15.4. The maximum atomic E-state index is 12.3. The monoisotopic (exact) mass is 296 g/mol. The van der Waals surface area contributed by atoms with Crippen LogP contribution in [0.25, 0.3) is 0 Å². The zero-order valence-corrected chi connectivity index (χ0v) is 13.0. The van der Waals surface area contributed by atoms with Gasteiger partial charge in [0.05, 0.1) is 0 Å². The third-order valence-electron chi connectivity index (χ3n) is 5.15. The number of carboxylic acid groups (broad SMARTS) is 1. The van der Waals surface area contributed by atoms with E-state index in [2.05, 4.69) is 17.6 Å². The number of rotatable bonds is 3. The average Bonchev–Trinajstić information content (AvgIpc) is 2.68. The highest BCUT2D eigenvalue weighted by Crippen LogP contribution is 2.28. The number of urea groups is 1. The van der Waals surface area contributed by atoms with Gasteiger partial charge in [-0.15, -0.1) is 0 Å². The van der Waals surface area contributed by atoms with Crippen LogP contribution in [0.2, 0.25) is 0 Å². The highest BCUT2D eigenvalue weighted by Gasteiger charge is 2.40. The molecule has 21 heavy (non-hydrogen) atoms. The summed E-state index contributed by atoms with van der Waals surface area (Å²) in [7, 11) is 0. The lowest BCUT2D eigenvalue weighted by Gasteiger charge is -2.33. The van der Waals surface area contributed by atoms with Crippen LogP contribution in [0.15, 0.2) is 0 Å². The first-order valence-electron chi connectivity index (χ1n) is 8.35. The fourth-order valence-corrected chi connectivity index (χ4v) is 3.68. The quantitative estimate of drug-likeness (QED) is 0.700. The van der Waals surface area contributed by atoms with E-state index in [1.165, 1.54) is 6.42 Å². The number of hydrogen-bond acceptors (Lipinski definition) is 2. The van der Waals surface area contributed by atoms with Gasteiger partial charge in [-0.3, -0.25) is 0 Å². The molecule has 5 nitrogen and oxygen atoms in total. The maximum Gasteiger partial charge on any atom is 0.329 e. The van der Waals surface area contributed by atoms with Crippen LogP contribution in [0.3, 0.4) is 0 Å². The molecule has 120 valence electrons. The first kappa shape index (κ1) is 16.1. The largest absolute Gasteiger partial charge is 0.480 e. The molecule has 0 aromatic carbocycles. The molecule has 0 bridgehead atoms. The molecule has 0 spiro atoms. The van der Waals surface area contributed by atoms with E-state index in [9.17, 15) is 14.7 Å². The Morgan fingerprint density at radius 3 is 2.19 bits per heavy atom. The molecule has 3 N–H and O–H groups in total. The molecule has 0 aliphatic heterocycles. The van der Waals surface area contributed by atoms with E-state index in [4.69, 9.17) is 0 Å². The van der Waals surface area contributed by atoms with Crippen molar-refractivity contribution in [2.75, 3.05) is 0 Å². The highest BCUT2D eigenvalue weighted by molar-refractivity contribution is 5.86. The first-order chi connectivity index (χ1) is 10.0. The third-order valence-corrected chi connectivity index (χ3v) is 5.15. The predicted octanol–water partition coefficient (Wildman–Crippen LogP) is 3.04. The van der Waals surface area contributed by atoms with Gasteiger partial charge in [0.25, 0.3) is 0 Å². The molecule has 2 saturated carbocycles. The van der Waals surface area contributed by atoms with Crippen LogP contribution in [0.1, 0.15) is 71.1 Å². The average molecular weight is 296 g/mol. The molecule has 0 aromatic rings. The Kier molecular flexibility index (Phi) is 5.48. The maximum absolute atomic E-state index is 12.3. The molecule has 2 aliphatic rings. The minimum atomic E-state index is -1.07. The van der Waals surface area contributed by atoms with E-state index in [1.807, 2.05) is 0 Å². The van der Waals surface area contributed by atoms with Crippen molar-refractivity contribution in [3.05, 3.63) is 0 Å². The zero-order chi connectivity index (χ0) is 15.3. The molecular formula is C16H28N2O3. The van der Waals surface area contributed by atoms with Gasteiger partial charge in [-0.2, -0.15) is 0 Å². The van der Waals surface area contributed by atoms with Crippen LogP contribution >= 0.6 is 0 Å². The molecule has 0 heterocycles. The number of carbonyl (C=O) groups is 2. The molecule has 2 aliphatic carbocycles. The molecule has 2 fully saturated rings. The molecule has 0 radical (unpaired) electrons. The van der Waals surface area contributed by atoms with Gasteiger partial charge in [0.15, 0.2) is 0 Å². The van der Waals surface area contributed by atoms with Gasteiger partial charge in [-0.1, -0.05) is 45.4 Å². The molecule has 0 saturated heterocycles. The second-order valence-electron chi connectivity index (χ2n) is 6.77. The van der Waals surface area contributed by atoms with Gasteiger partial charge in [0, 0.05) is 6.04 Å².